The second-order valence-corrected chi connectivity index (χ2v) is 5.25. The molecule has 0 saturated carbocycles. The second-order valence-electron chi connectivity index (χ2n) is 4.36. The van der Waals surface area contributed by atoms with E-state index in [1.165, 1.54) is 4.70 Å². The average Bonchev–Trinajstić information content (AvgIpc) is 2.98. The van der Waals surface area contributed by atoms with Crippen molar-refractivity contribution in [3.8, 4) is 0 Å². The van der Waals surface area contributed by atoms with Crippen molar-refractivity contribution in [3.05, 3.63) is 47.9 Å². The molecule has 0 aliphatic heterocycles. The van der Waals surface area contributed by atoms with E-state index in [1.807, 2.05) is 23.7 Å². The maximum atomic E-state index is 5.35. The Kier molecular flexibility index (Phi) is 3.02. The van der Waals surface area contributed by atoms with Gasteiger partial charge in [0.05, 0.1) is 22.0 Å². The Balaban J connectivity index is 1.71. The predicted octanol–water partition coefficient (Wildman–Crippen LogP) is 3.93. The molecule has 0 radical (unpaired) electrons. The van der Waals surface area contributed by atoms with Crippen LogP contribution in [0.15, 0.2) is 46.5 Å². The summed E-state index contributed by atoms with van der Waals surface area (Å²) in [6, 6.07) is 10.5. The Morgan fingerprint density at radius 2 is 2.33 bits per heavy atom. The van der Waals surface area contributed by atoms with Gasteiger partial charge in [-0.05, 0) is 37.3 Å². The summed E-state index contributed by atoms with van der Waals surface area (Å²) in [4.78, 5) is 4.28. The number of benzene rings is 1. The number of hydrogen-bond donors (Lipinski definition) is 1. The Morgan fingerprint density at radius 1 is 1.39 bits per heavy atom. The molecule has 0 fully saturated rings. The Bertz CT molecular complexity index is 630. The molecule has 3 rings (SSSR count). The van der Waals surface area contributed by atoms with Crippen LogP contribution in [0.25, 0.3) is 10.2 Å². The first-order valence-corrected chi connectivity index (χ1v) is 6.81. The quantitative estimate of drug-likeness (QED) is 0.770. The number of rotatable bonds is 4. The first kappa shape index (κ1) is 11.3. The Morgan fingerprint density at radius 3 is 3.17 bits per heavy atom. The standard InChI is InChI=1S/C14H14N2OS/c1-10(7-12-3-2-6-17-12)16-11-4-5-13-14(8-11)18-9-15-13/h2-6,8-10,16H,7H2,1H3. The van der Waals surface area contributed by atoms with Crippen molar-refractivity contribution in [3.63, 3.8) is 0 Å². The number of aromatic nitrogens is 1. The molecule has 3 nitrogen and oxygen atoms in total. The first-order valence-electron chi connectivity index (χ1n) is 5.93. The zero-order chi connectivity index (χ0) is 12.4. The largest absolute Gasteiger partial charge is 0.469 e. The van der Waals surface area contributed by atoms with Crippen molar-refractivity contribution in [2.45, 2.75) is 19.4 Å². The number of nitrogens with zero attached hydrogens (tertiary/aromatic N) is 1. The maximum Gasteiger partial charge on any atom is 0.105 e. The van der Waals surface area contributed by atoms with Gasteiger partial charge in [0.15, 0.2) is 0 Å². The highest BCUT2D eigenvalue weighted by atomic mass is 32.1. The molecule has 18 heavy (non-hydrogen) atoms. The fourth-order valence-corrected chi connectivity index (χ4v) is 2.73. The molecule has 4 heteroatoms. The molecule has 0 saturated heterocycles. The van der Waals surface area contributed by atoms with E-state index >= 15 is 0 Å². The minimum Gasteiger partial charge on any atom is -0.469 e. The van der Waals surface area contributed by atoms with E-state index in [2.05, 4.69) is 29.4 Å². The van der Waals surface area contributed by atoms with Gasteiger partial charge in [0.25, 0.3) is 0 Å². The lowest BCUT2D eigenvalue weighted by molar-refractivity contribution is 0.498. The molecule has 0 aliphatic carbocycles. The fraction of sp³-hybridized carbons (Fsp3) is 0.214. The van der Waals surface area contributed by atoms with Crippen LogP contribution in [-0.4, -0.2) is 11.0 Å². The van der Waals surface area contributed by atoms with Crippen LogP contribution >= 0.6 is 11.3 Å². The normalized spacial score (nSPS) is 12.7. The molecular weight excluding hydrogens is 244 g/mol. The molecule has 1 aromatic carbocycles. The van der Waals surface area contributed by atoms with Crippen molar-refractivity contribution >= 4 is 27.2 Å². The molecular formula is C14H14N2OS. The maximum absolute atomic E-state index is 5.35. The summed E-state index contributed by atoms with van der Waals surface area (Å²) in [6.45, 7) is 2.15. The summed E-state index contributed by atoms with van der Waals surface area (Å²) in [7, 11) is 0. The van der Waals surface area contributed by atoms with Gasteiger partial charge in [0.1, 0.15) is 5.76 Å². The predicted molar refractivity (Wildman–Crippen MR) is 75.1 cm³/mol. The van der Waals surface area contributed by atoms with Crippen LogP contribution in [0.5, 0.6) is 0 Å². The zero-order valence-corrected chi connectivity index (χ0v) is 10.9. The summed E-state index contributed by atoms with van der Waals surface area (Å²) < 4.78 is 6.56. The third-order valence-electron chi connectivity index (χ3n) is 2.83. The molecule has 92 valence electrons. The molecule has 1 N–H and O–H groups in total. The molecule has 0 spiro atoms. The minimum atomic E-state index is 0.335. The highest BCUT2D eigenvalue weighted by Crippen LogP contribution is 2.22. The smallest absolute Gasteiger partial charge is 0.105 e. The van der Waals surface area contributed by atoms with Crippen LogP contribution in [0.2, 0.25) is 0 Å². The van der Waals surface area contributed by atoms with Gasteiger partial charge in [0, 0.05) is 18.2 Å². The molecule has 2 heterocycles. The van der Waals surface area contributed by atoms with Crippen molar-refractivity contribution in [2.75, 3.05) is 5.32 Å². The van der Waals surface area contributed by atoms with Gasteiger partial charge in [-0.2, -0.15) is 0 Å². The van der Waals surface area contributed by atoms with Gasteiger partial charge in [-0.25, -0.2) is 4.98 Å². The highest BCUT2D eigenvalue weighted by Gasteiger charge is 2.06. The zero-order valence-electron chi connectivity index (χ0n) is 10.1. The van der Waals surface area contributed by atoms with Crippen molar-refractivity contribution < 1.29 is 4.42 Å². The van der Waals surface area contributed by atoms with Crippen LogP contribution in [0.1, 0.15) is 12.7 Å². The van der Waals surface area contributed by atoms with E-state index in [4.69, 9.17) is 4.42 Å². The van der Waals surface area contributed by atoms with E-state index in [1.54, 1.807) is 17.6 Å². The van der Waals surface area contributed by atoms with E-state index in [-0.39, 0.29) is 0 Å². The van der Waals surface area contributed by atoms with Crippen molar-refractivity contribution in [1.82, 2.24) is 4.98 Å². The van der Waals surface area contributed by atoms with Gasteiger partial charge in [-0.1, -0.05) is 0 Å². The minimum absolute atomic E-state index is 0.335. The number of furan rings is 1. The van der Waals surface area contributed by atoms with E-state index < -0.39 is 0 Å². The van der Waals surface area contributed by atoms with E-state index in [0.29, 0.717) is 6.04 Å². The van der Waals surface area contributed by atoms with Gasteiger partial charge >= 0.3 is 0 Å². The van der Waals surface area contributed by atoms with E-state index in [9.17, 15) is 0 Å². The van der Waals surface area contributed by atoms with Crippen molar-refractivity contribution in [2.24, 2.45) is 0 Å². The average molecular weight is 258 g/mol. The number of anilines is 1. The molecule has 0 aliphatic rings. The fourth-order valence-electron chi connectivity index (χ4n) is 2.01. The van der Waals surface area contributed by atoms with E-state index in [0.717, 1.165) is 23.4 Å². The number of thiazole rings is 1. The third kappa shape index (κ3) is 2.38. The van der Waals surface area contributed by atoms with Crippen LogP contribution < -0.4 is 5.32 Å². The lowest BCUT2D eigenvalue weighted by Gasteiger charge is -2.13. The topological polar surface area (TPSA) is 38.1 Å². The highest BCUT2D eigenvalue weighted by molar-refractivity contribution is 7.16. The van der Waals surface area contributed by atoms with Gasteiger partial charge < -0.3 is 9.73 Å². The van der Waals surface area contributed by atoms with Crippen LogP contribution in [-0.2, 0) is 6.42 Å². The third-order valence-corrected chi connectivity index (χ3v) is 3.62. The van der Waals surface area contributed by atoms with Crippen LogP contribution in [0.4, 0.5) is 5.69 Å². The lowest BCUT2D eigenvalue weighted by atomic mass is 10.2. The molecule has 3 aromatic rings. The number of hydrogen-bond acceptors (Lipinski definition) is 4. The van der Waals surface area contributed by atoms with Gasteiger partial charge in [0.2, 0.25) is 0 Å². The molecule has 1 unspecified atom stereocenters. The summed E-state index contributed by atoms with van der Waals surface area (Å²) in [6.07, 6.45) is 2.60. The summed E-state index contributed by atoms with van der Waals surface area (Å²) in [5.41, 5.74) is 4.07. The van der Waals surface area contributed by atoms with Crippen LogP contribution in [0.3, 0.4) is 0 Å². The molecule has 1 atom stereocenters. The first-order chi connectivity index (χ1) is 8.81. The Hall–Kier alpha value is -1.81. The Labute approximate surface area is 109 Å². The monoisotopic (exact) mass is 258 g/mol. The summed E-state index contributed by atoms with van der Waals surface area (Å²) >= 11 is 1.66. The molecule has 0 amide bonds. The number of nitrogens with one attached hydrogen (secondary N) is 1. The molecule has 2 aromatic heterocycles. The SMILES string of the molecule is CC(Cc1ccco1)Nc1ccc2ncsc2c1. The van der Waals surface area contributed by atoms with Crippen molar-refractivity contribution in [1.29, 1.82) is 0 Å². The van der Waals surface area contributed by atoms with Gasteiger partial charge in [-0.3, -0.25) is 0 Å². The summed E-state index contributed by atoms with van der Waals surface area (Å²) in [5, 5.41) is 3.48. The second kappa shape index (κ2) is 4.82. The summed E-state index contributed by atoms with van der Waals surface area (Å²) in [5.74, 6) is 1.01. The van der Waals surface area contributed by atoms with Crippen LogP contribution in [0, 0.1) is 0 Å². The molecule has 0 bridgehead atoms. The number of fused-ring (bicyclic) bond motifs is 1. The van der Waals surface area contributed by atoms with Gasteiger partial charge in [-0.15, -0.1) is 11.3 Å². The lowest BCUT2D eigenvalue weighted by Crippen LogP contribution is -2.17.